The van der Waals surface area contributed by atoms with Crippen LogP contribution in [0.15, 0.2) is 6.07 Å². The van der Waals surface area contributed by atoms with Crippen LogP contribution in [0.4, 0.5) is 20.4 Å². The third kappa shape index (κ3) is 4.48. The number of nitrogens with one attached hydrogen (secondary N) is 2. The van der Waals surface area contributed by atoms with E-state index in [0.717, 1.165) is 0 Å². The van der Waals surface area contributed by atoms with Gasteiger partial charge in [-0.2, -0.15) is 0 Å². The molecule has 0 atom stereocenters. The second kappa shape index (κ2) is 5.72. The summed E-state index contributed by atoms with van der Waals surface area (Å²) in [6, 6.07) is 1.55. The summed E-state index contributed by atoms with van der Waals surface area (Å²) in [5, 5.41) is 13.9. The normalized spacial score (nSPS) is 11.4. The van der Waals surface area contributed by atoms with E-state index in [2.05, 4.69) is 20.6 Å². The molecule has 0 amide bonds. The summed E-state index contributed by atoms with van der Waals surface area (Å²) in [5.74, 6) is -1.79. The van der Waals surface area contributed by atoms with Crippen molar-refractivity contribution in [3.63, 3.8) is 0 Å². The van der Waals surface area contributed by atoms with Gasteiger partial charge in [0.25, 0.3) is 5.92 Å². The summed E-state index contributed by atoms with van der Waals surface area (Å²) in [5.41, 5.74) is 0. The number of aliphatic hydroxyl groups excluding tert-OH is 1. The van der Waals surface area contributed by atoms with Gasteiger partial charge in [0.2, 0.25) is 0 Å². The number of aliphatic hydroxyl groups is 1. The van der Waals surface area contributed by atoms with Crippen molar-refractivity contribution in [2.45, 2.75) is 19.8 Å². The molecule has 17 heavy (non-hydrogen) atoms. The monoisotopic (exact) mass is 246 g/mol. The Kier molecular flexibility index (Phi) is 4.56. The fraction of sp³-hybridized carbons (Fsp3) is 0.600. The van der Waals surface area contributed by atoms with Crippen molar-refractivity contribution >= 4 is 11.6 Å². The Hall–Kier alpha value is -1.50. The van der Waals surface area contributed by atoms with Gasteiger partial charge in [-0.25, -0.2) is 18.7 Å². The second-order valence-corrected chi connectivity index (χ2v) is 3.58. The first kappa shape index (κ1) is 13.6. The van der Waals surface area contributed by atoms with Gasteiger partial charge in [0.1, 0.15) is 24.1 Å². The van der Waals surface area contributed by atoms with Gasteiger partial charge in [0.05, 0.1) is 6.54 Å². The van der Waals surface area contributed by atoms with Crippen molar-refractivity contribution in [1.29, 1.82) is 0 Å². The first-order valence-electron chi connectivity index (χ1n) is 5.29. The van der Waals surface area contributed by atoms with E-state index in [9.17, 15) is 8.78 Å². The first-order valence-corrected chi connectivity index (χ1v) is 5.29. The maximum atomic E-state index is 12.8. The van der Waals surface area contributed by atoms with E-state index in [1.54, 1.807) is 13.0 Å². The zero-order valence-corrected chi connectivity index (χ0v) is 9.80. The lowest BCUT2D eigenvalue weighted by Crippen LogP contribution is -2.31. The number of hydrogen-bond donors (Lipinski definition) is 3. The Morgan fingerprint density at radius 3 is 2.41 bits per heavy atom. The molecule has 0 bridgehead atoms. The third-order valence-electron chi connectivity index (χ3n) is 1.96. The molecule has 0 aliphatic rings. The predicted octanol–water partition coefficient (Wildman–Crippen LogP) is 1.26. The largest absolute Gasteiger partial charge is 0.390 e. The maximum absolute atomic E-state index is 12.8. The van der Waals surface area contributed by atoms with Gasteiger partial charge in [0, 0.05) is 12.6 Å². The van der Waals surface area contributed by atoms with Crippen molar-refractivity contribution in [2.24, 2.45) is 0 Å². The summed E-state index contributed by atoms with van der Waals surface area (Å²) in [6.07, 6.45) is 0. The van der Waals surface area contributed by atoms with Crippen LogP contribution < -0.4 is 10.6 Å². The summed E-state index contributed by atoms with van der Waals surface area (Å²) in [6.45, 7) is 2.42. The highest BCUT2D eigenvalue weighted by Gasteiger charge is 2.27. The van der Waals surface area contributed by atoms with Gasteiger partial charge in [-0.05, 0) is 13.8 Å². The van der Waals surface area contributed by atoms with Gasteiger partial charge in [-0.3, -0.25) is 0 Å². The SMILES string of the molecule is CCNc1cc(NCC(F)(F)CO)nc(C)n1. The van der Waals surface area contributed by atoms with Crippen LogP contribution in [0.25, 0.3) is 0 Å². The van der Waals surface area contributed by atoms with Gasteiger partial charge in [0.15, 0.2) is 0 Å². The Labute approximate surface area is 98.3 Å². The molecule has 1 aromatic heterocycles. The molecule has 3 N–H and O–H groups in total. The second-order valence-electron chi connectivity index (χ2n) is 3.58. The van der Waals surface area contributed by atoms with Crippen LogP contribution in [0.2, 0.25) is 0 Å². The fourth-order valence-corrected chi connectivity index (χ4v) is 1.21. The highest BCUT2D eigenvalue weighted by molar-refractivity contribution is 5.47. The van der Waals surface area contributed by atoms with E-state index >= 15 is 0 Å². The van der Waals surface area contributed by atoms with Crippen molar-refractivity contribution in [3.8, 4) is 0 Å². The van der Waals surface area contributed by atoms with Crippen LogP contribution >= 0.6 is 0 Å². The van der Waals surface area contributed by atoms with Gasteiger partial charge >= 0.3 is 0 Å². The van der Waals surface area contributed by atoms with E-state index in [4.69, 9.17) is 5.11 Å². The summed E-state index contributed by atoms with van der Waals surface area (Å²) in [4.78, 5) is 8.07. The highest BCUT2D eigenvalue weighted by atomic mass is 19.3. The highest BCUT2D eigenvalue weighted by Crippen LogP contribution is 2.15. The Balaban J connectivity index is 2.70. The summed E-state index contributed by atoms with van der Waals surface area (Å²) in [7, 11) is 0. The predicted molar refractivity (Wildman–Crippen MR) is 61.5 cm³/mol. The van der Waals surface area contributed by atoms with E-state index in [1.165, 1.54) is 0 Å². The minimum Gasteiger partial charge on any atom is -0.390 e. The van der Waals surface area contributed by atoms with E-state index < -0.39 is 19.1 Å². The average molecular weight is 246 g/mol. The topological polar surface area (TPSA) is 70.1 Å². The Morgan fingerprint density at radius 1 is 1.29 bits per heavy atom. The molecule has 0 fully saturated rings. The zero-order valence-electron chi connectivity index (χ0n) is 9.80. The maximum Gasteiger partial charge on any atom is 0.287 e. The molecule has 0 saturated carbocycles. The number of nitrogens with zero attached hydrogens (tertiary/aromatic N) is 2. The summed E-state index contributed by atoms with van der Waals surface area (Å²) >= 11 is 0. The lowest BCUT2D eigenvalue weighted by Gasteiger charge is -2.15. The van der Waals surface area contributed by atoms with Crippen molar-refractivity contribution in [3.05, 3.63) is 11.9 Å². The van der Waals surface area contributed by atoms with E-state index in [-0.39, 0.29) is 0 Å². The van der Waals surface area contributed by atoms with Crippen LogP contribution in [0.3, 0.4) is 0 Å². The third-order valence-corrected chi connectivity index (χ3v) is 1.96. The molecule has 0 spiro atoms. The van der Waals surface area contributed by atoms with Crippen LogP contribution in [-0.2, 0) is 0 Å². The number of alkyl halides is 2. The molecule has 1 aromatic rings. The smallest absolute Gasteiger partial charge is 0.287 e. The lowest BCUT2D eigenvalue weighted by molar-refractivity contribution is -0.0373. The van der Waals surface area contributed by atoms with Crippen LogP contribution in [-0.4, -0.2) is 40.7 Å². The van der Waals surface area contributed by atoms with Crippen LogP contribution in [0, 0.1) is 6.92 Å². The number of anilines is 2. The molecular formula is C10H16F2N4O. The number of hydrogen-bond acceptors (Lipinski definition) is 5. The molecule has 0 aliphatic carbocycles. The molecule has 0 radical (unpaired) electrons. The molecule has 0 aliphatic heterocycles. The minimum absolute atomic E-state index is 0.307. The molecule has 1 rings (SSSR count). The zero-order chi connectivity index (χ0) is 12.9. The number of aromatic nitrogens is 2. The number of rotatable bonds is 6. The number of aryl methyl sites for hydroxylation is 1. The average Bonchev–Trinajstić information content (AvgIpc) is 2.26. The van der Waals surface area contributed by atoms with Crippen LogP contribution in [0.5, 0.6) is 0 Å². The minimum atomic E-state index is -3.16. The lowest BCUT2D eigenvalue weighted by atomic mass is 10.3. The molecule has 5 nitrogen and oxygen atoms in total. The van der Waals surface area contributed by atoms with Crippen LogP contribution in [0.1, 0.15) is 12.7 Å². The van der Waals surface area contributed by atoms with Gasteiger partial charge < -0.3 is 15.7 Å². The standard InChI is InChI=1S/C10H16F2N4O/c1-3-13-8-4-9(16-7(2)15-8)14-5-10(11,12)6-17/h4,17H,3,5-6H2,1-2H3,(H2,13,14,15,16). The molecule has 7 heteroatoms. The number of halogens is 2. The first-order chi connectivity index (χ1) is 7.96. The molecule has 0 aromatic carbocycles. The van der Waals surface area contributed by atoms with Gasteiger partial charge in [-0.15, -0.1) is 0 Å². The van der Waals surface area contributed by atoms with E-state index in [0.29, 0.717) is 24.0 Å². The molecular weight excluding hydrogens is 230 g/mol. The molecule has 0 unspecified atom stereocenters. The molecule has 0 saturated heterocycles. The molecule has 1 heterocycles. The Bertz CT molecular complexity index is 373. The summed E-state index contributed by atoms with van der Waals surface area (Å²) < 4.78 is 25.6. The fourth-order valence-electron chi connectivity index (χ4n) is 1.21. The van der Waals surface area contributed by atoms with Crippen molar-refractivity contribution in [2.75, 3.05) is 30.3 Å². The van der Waals surface area contributed by atoms with Crippen molar-refractivity contribution in [1.82, 2.24) is 9.97 Å². The quantitative estimate of drug-likeness (QED) is 0.705. The molecule has 96 valence electrons. The van der Waals surface area contributed by atoms with Gasteiger partial charge in [-0.1, -0.05) is 0 Å². The van der Waals surface area contributed by atoms with E-state index in [1.807, 2.05) is 6.92 Å². The Morgan fingerprint density at radius 2 is 1.88 bits per heavy atom. The van der Waals surface area contributed by atoms with Crippen molar-refractivity contribution < 1.29 is 13.9 Å².